The van der Waals surface area contributed by atoms with Crippen LogP contribution in [0.25, 0.3) is 0 Å². The third-order valence-corrected chi connectivity index (χ3v) is 1.16. The molecule has 0 fully saturated rings. The molecule has 0 amide bonds. The Bertz CT molecular complexity index is 41.8. The molecule has 8 heavy (non-hydrogen) atoms. The van der Waals surface area contributed by atoms with Gasteiger partial charge in [-0.25, -0.2) is 0 Å². The average Bonchev–Trinajstić information content (AvgIpc) is 1.68. The average molecular weight is 117 g/mol. The third kappa shape index (κ3) is 4.09. The summed E-state index contributed by atoms with van der Waals surface area (Å²) in [5.74, 6) is 0. The van der Waals surface area contributed by atoms with E-state index >= 15 is 0 Å². The summed E-state index contributed by atoms with van der Waals surface area (Å²) in [5.41, 5.74) is 0. The fourth-order valence-corrected chi connectivity index (χ4v) is 0.691. The highest BCUT2D eigenvalue weighted by molar-refractivity contribution is 4.54. The Morgan fingerprint density at radius 1 is 1.62 bits per heavy atom. The molecule has 0 aromatic rings. The molecule has 0 aromatic carbocycles. The molecule has 0 aliphatic carbocycles. The molecule has 2 nitrogen and oxygen atoms in total. The summed E-state index contributed by atoms with van der Waals surface area (Å²) in [7, 11) is 0. The second-order valence-electron chi connectivity index (χ2n) is 2.05. The first kappa shape index (κ1) is 7.92. The fourth-order valence-electron chi connectivity index (χ4n) is 0.691. The quantitative estimate of drug-likeness (QED) is 0.532. The van der Waals surface area contributed by atoms with Gasteiger partial charge in [0.15, 0.2) is 0 Å². The Hall–Kier alpha value is -0.0800. The standard InChI is InChI=1S/C6H15NO/c1-3-4-6(2)7-5-8/h6-8H,3-5H2,1-2H3. The van der Waals surface area contributed by atoms with Gasteiger partial charge in [0.25, 0.3) is 0 Å². The first-order valence-electron chi connectivity index (χ1n) is 3.15. The summed E-state index contributed by atoms with van der Waals surface area (Å²) in [6.45, 7) is 4.30. The van der Waals surface area contributed by atoms with Crippen LogP contribution in [0.15, 0.2) is 0 Å². The Balaban J connectivity index is 2.92. The van der Waals surface area contributed by atoms with E-state index in [1.54, 1.807) is 0 Å². The first-order valence-corrected chi connectivity index (χ1v) is 3.15. The molecule has 0 aromatic heterocycles. The van der Waals surface area contributed by atoms with Gasteiger partial charge in [-0.05, 0) is 13.3 Å². The lowest BCUT2D eigenvalue weighted by Gasteiger charge is -2.08. The van der Waals surface area contributed by atoms with Crippen molar-refractivity contribution in [2.45, 2.75) is 32.7 Å². The molecule has 0 saturated heterocycles. The molecule has 50 valence electrons. The smallest absolute Gasteiger partial charge is 0.0933 e. The maximum absolute atomic E-state index is 8.35. The van der Waals surface area contributed by atoms with Crippen LogP contribution in [-0.2, 0) is 0 Å². The Morgan fingerprint density at radius 2 is 2.25 bits per heavy atom. The molecule has 0 aliphatic heterocycles. The number of hydrogen-bond acceptors (Lipinski definition) is 2. The van der Waals surface area contributed by atoms with Gasteiger partial charge in [0, 0.05) is 6.04 Å². The highest BCUT2D eigenvalue weighted by atomic mass is 16.3. The number of aliphatic hydroxyl groups is 1. The van der Waals surface area contributed by atoms with Crippen LogP contribution in [0.4, 0.5) is 0 Å². The van der Waals surface area contributed by atoms with Gasteiger partial charge >= 0.3 is 0 Å². The van der Waals surface area contributed by atoms with Gasteiger partial charge in [0.05, 0.1) is 6.73 Å². The molecule has 1 unspecified atom stereocenters. The van der Waals surface area contributed by atoms with Crippen LogP contribution in [0, 0.1) is 0 Å². The zero-order valence-corrected chi connectivity index (χ0v) is 5.65. The number of rotatable bonds is 4. The summed E-state index contributed by atoms with van der Waals surface area (Å²) >= 11 is 0. The SMILES string of the molecule is CCCC(C)NCO. The monoisotopic (exact) mass is 117 g/mol. The largest absolute Gasteiger partial charge is 0.381 e. The van der Waals surface area contributed by atoms with E-state index in [9.17, 15) is 0 Å². The second kappa shape index (κ2) is 5.06. The van der Waals surface area contributed by atoms with Crippen molar-refractivity contribution in [1.82, 2.24) is 5.32 Å². The second-order valence-corrected chi connectivity index (χ2v) is 2.05. The molecule has 0 heterocycles. The lowest BCUT2D eigenvalue weighted by molar-refractivity contribution is 0.241. The van der Waals surface area contributed by atoms with Gasteiger partial charge < -0.3 is 5.11 Å². The van der Waals surface area contributed by atoms with E-state index in [0.717, 1.165) is 6.42 Å². The molecule has 2 N–H and O–H groups in total. The Labute approximate surface area is 50.9 Å². The fraction of sp³-hybridized carbons (Fsp3) is 1.00. The third-order valence-electron chi connectivity index (χ3n) is 1.16. The van der Waals surface area contributed by atoms with Crippen LogP contribution in [-0.4, -0.2) is 17.9 Å². The Morgan fingerprint density at radius 3 is 2.62 bits per heavy atom. The van der Waals surface area contributed by atoms with Crippen molar-refractivity contribution in [3.63, 3.8) is 0 Å². The molecule has 0 bridgehead atoms. The van der Waals surface area contributed by atoms with E-state index in [1.165, 1.54) is 6.42 Å². The van der Waals surface area contributed by atoms with Crippen molar-refractivity contribution in [1.29, 1.82) is 0 Å². The van der Waals surface area contributed by atoms with Gasteiger partial charge in [-0.3, -0.25) is 5.32 Å². The van der Waals surface area contributed by atoms with Gasteiger partial charge in [-0.2, -0.15) is 0 Å². The maximum Gasteiger partial charge on any atom is 0.0933 e. The molecular weight excluding hydrogens is 102 g/mol. The summed E-state index contributed by atoms with van der Waals surface area (Å²) in [4.78, 5) is 0. The molecule has 0 radical (unpaired) electrons. The molecule has 1 atom stereocenters. The maximum atomic E-state index is 8.35. The van der Waals surface area contributed by atoms with Crippen LogP contribution < -0.4 is 5.32 Å². The zero-order valence-electron chi connectivity index (χ0n) is 5.65. The van der Waals surface area contributed by atoms with Crippen molar-refractivity contribution in [3.05, 3.63) is 0 Å². The van der Waals surface area contributed by atoms with Crippen LogP contribution in [0.1, 0.15) is 26.7 Å². The van der Waals surface area contributed by atoms with E-state index < -0.39 is 0 Å². The highest BCUT2D eigenvalue weighted by Crippen LogP contribution is 1.92. The normalized spacial score (nSPS) is 13.9. The summed E-state index contributed by atoms with van der Waals surface area (Å²) < 4.78 is 0. The Kier molecular flexibility index (Phi) is 5.01. The molecule has 0 aliphatic rings. The van der Waals surface area contributed by atoms with Crippen molar-refractivity contribution in [3.8, 4) is 0 Å². The summed E-state index contributed by atoms with van der Waals surface area (Å²) in [6, 6.07) is 0.463. The van der Waals surface area contributed by atoms with Crippen LogP contribution >= 0.6 is 0 Å². The molecular formula is C6H15NO. The van der Waals surface area contributed by atoms with E-state index in [-0.39, 0.29) is 6.73 Å². The van der Waals surface area contributed by atoms with E-state index in [0.29, 0.717) is 6.04 Å². The predicted octanol–water partition coefficient (Wildman–Crippen LogP) is 0.714. The van der Waals surface area contributed by atoms with Crippen LogP contribution in [0.5, 0.6) is 0 Å². The van der Waals surface area contributed by atoms with E-state index in [4.69, 9.17) is 5.11 Å². The lowest BCUT2D eigenvalue weighted by Crippen LogP contribution is -2.26. The first-order chi connectivity index (χ1) is 3.81. The minimum atomic E-state index is 0.0984. The van der Waals surface area contributed by atoms with E-state index in [1.807, 2.05) is 0 Å². The lowest BCUT2D eigenvalue weighted by atomic mass is 10.2. The van der Waals surface area contributed by atoms with Gasteiger partial charge in [-0.1, -0.05) is 13.3 Å². The molecule has 2 heteroatoms. The summed E-state index contributed by atoms with van der Waals surface area (Å²) in [5, 5.41) is 11.3. The molecule has 0 rings (SSSR count). The minimum absolute atomic E-state index is 0.0984. The van der Waals surface area contributed by atoms with Crippen molar-refractivity contribution in [2.75, 3.05) is 6.73 Å². The van der Waals surface area contributed by atoms with Crippen LogP contribution in [0.2, 0.25) is 0 Å². The predicted molar refractivity (Wildman–Crippen MR) is 34.6 cm³/mol. The number of aliphatic hydroxyl groups excluding tert-OH is 1. The molecule has 0 spiro atoms. The summed E-state index contributed by atoms with van der Waals surface area (Å²) in [6.07, 6.45) is 2.31. The zero-order chi connectivity index (χ0) is 6.41. The highest BCUT2D eigenvalue weighted by Gasteiger charge is 1.94. The van der Waals surface area contributed by atoms with Crippen molar-refractivity contribution >= 4 is 0 Å². The number of nitrogens with one attached hydrogen (secondary N) is 1. The van der Waals surface area contributed by atoms with Gasteiger partial charge in [-0.15, -0.1) is 0 Å². The molecule has 0 saturated carbocycles. The van der Waals surface area contributed by atoms with Crippen molar-refractivity contribution in [2.24, 2.45) is 0 Å². The van der Waals surface area contributed by atoms with Gasteiger partial charge in [0.1, 0.15) is 0 Å². The van der Waals surface area contributed by atoms with Crippen LogP contribution in [0.3, 0.4) is 0 Å². The number of hydrogen-bond donors (Lipinski definition) is 2. The minimum Gasteiger partial charge on any atom is -0.381 e. The van der Waals surface area contributed by atoms with Gasteiger partial charge in [0.2, 0.25) is 0 Å². The van der Waals surface area contributed by atoms with Crippen molar-refractivity contribution < 1.29 is 5.11 Å². The van der Waals surface area contributed by atoms with E-state index in [2.05, 4.69) is 19.2 Å². The topological polar surface area (TPSA) is 32.3 Å².